The van der Waals surface area contributed by atoms with E-state index in [1.165, 1.54) is 56.9 Å². The fourth-order valence-electron chi connectivity index (χ4n) is 4.17. The van der Waals surface area contributed by atoms with Crippen LogP contribution >= 0.6 is 0 Å². The number of benzene rings is 1. The first-order valence-corrected chi connectivity index (χ1v) is 10.8. The number of aromatic nitrogens is 2. The first-order chi connectivity index (χ1) is 13.3. The molecule has 0 aliphatic heterocycles. The van der Waals surface area contributed by atoms with Crippen LogP contribution in [0.4, 0.5) is 0 Å². The lowest BCUT2D eigenvalue weighted by Gasteiger charge is -2.28. The van der Waals surface area contributed by atoms with Crippen molar-refractivity contribution in [3.05, 3.63) is 42.2 Å². The number of hydrogen-bond acceptors (Lipinski definition) is 3. The molecule has 1 heterocycles. The highest BCUT2D eigenvalue weighted by Crippen LogP contribution is 2.33. The molecule has 27 heavy (non-hydrogen) atoms. The molecule has 3 rings (SSSR count). The summed E-state index contributed by atoms with van der Waals surface area (Å²) in [5.41, 5.74) is 2.50. The van der Waals surface area contributed by atoms with Crippen LogP contribution in [-0.4, -0.2) is 16.6 Å². The third-order valence-corrected chi connectivity index (χ3v) is 5.82. The lowest BCUT2D eigenvalue weighted by Crippen LogP contribution is -2.15. The van der Waals surface area contributed by atoms with Gasteiger partial charge >= 0.3 is 0 Å². The molecule has 0 radical (unpaired) electrons. The van der Waals surface area contributed by atoms with Crippen molar-refractivity contribution in [2.75, 3.05) is 6.61 Å². The molecule has 0 N–H and O–H groups in total. The number of nitrogens with zero attached hydrogens (tertiary/aromatic N) is 2. The van der Waals surface area contributed by atoms with E-state index in [-0.39, 0.29) is 0 Å². The van der Waals surface area contributed by atoms with Gasteiger partial charge in [-0.15, -0.1) is 0 Å². The topological polar surface area (TPSA) is 35.0 Å². The molecule has 1 aliphatic rings. The molecule has 0 unspecified atom stereocenters. The van der Waals surface area contributed by atoms with Crippen molar-refractivity contribution in [1.82, 2.24) is 9.97 Å². The van der Waals surface area contributed by atoms with Crippen LogP contribution in [0.3, 0.4) is 0 Å². The third-order valence-electron chi connectivity index (χ3n) is 5.82. The molecule has 3 nitrogen and oxygen atoms in total. The van der Waals surface area contributed by atoms with Crippen LogP contribution in [0.2, 0.25) is 0 Å². The monoisotopic (exact) mass is 366 g/mol. The Morgan fingerprint density at radius 2 is 1.48 bits per heavy atom. The van der Waals surface area contributed by atoms with Gasteiger partial charge in [0.25, 0.3) is 0 Å². The number of rotatable bonds is 9. The largest absolute Gasteiger partial charge is 0.490 e. The highest BCUT2D eigenvalue weighted by Gasteiger charge is 2.20. The van der Waals surface area contributed by atoms with Gasteiger partial charge < -0.3 is 4.74 Å². The van der Waals surface area contributed by atoms with Crippen LogP contribution in [0.1, 0.15) is 70.8 Å². The van der Waals surface area contributed by atoms with Crippen LogP contribution in [0.25, 0.3) is 11.4 Å². The summed E-state index contributed by atoms with van der Waals surface area (Å²) in [5, 5.41) is 0. The Morgan fingerprint density at radius 1 is 0.852 bits per heavy atom. The first kappa shape index (κ1) is 19.9. The summed E-state index contributed by atoms with van der Waals surface area (Å²) < 4.78 is 5.55. The highest BCUT2D eigenvalue weighted by molar-refractivity contribution is 5.55. The minimum atomic E-state index is 0.706. The molecule has 0 amide bonds. The Balaban J connectivity index is 1.47. The van der Waals surface area contributed by atoms with Crippen molar-refractivity contribution >= 4 is 0 Å². The van der Waals surface area contributed by atoms with Gasteiger partial charge in [-0.25, -0.2) is 9.97 Å². The maximum atomic E-state index is 5.55. The van der Waals surface area contributed by atoms with E-state index in [0.29, 0.717) is 6.61 Å². The summed E-state index contributed by atoms with van der Waals surface area (Å²) in [5.74, 6) is 3.44. The molecule has 0 bridgehead atoms. The molecular weight excluding hydrogens is 332 g/mol. The van der Waals surface area contributed by atoms with Crippen molar-refractivity contribution in [3.8, 4) is 17.1 Å². The quantitative estimate of drug-likeness (QED) is 0.510. The molecule has 3 heteroatoms. The lowest BCUT2D eigenvalue weighted by molar-refractivity contribution is 0.252. The Bertz CT molecular complexity index is 658. The van der Waals surface area contributed by atoms with Crippen molar-refractivity contribution in [2.24, 2.45) is 11.8 Å². The van der Waals surface area contributed by atoms with Gasteiger partial charge in [-0.2, -0.15) is 0 Å². The van der Waals surface area contributed by atoms with Crippen LogP contribution in [0.5, 0.6) is 5.75 Å². The normalized spacial score (nSPS) is 19.8. The maximum absolute atomic E-state index is 5.55. The van der Waals surface area contributed by atoms with Crippen LogP contribution in [0.15, 0.2) is 36.7 Å². The third kappa shape index (κ3) is 6.05. The molecule has 1 aromatic carbocycles. The van der Waals surface area contributed by atoms with Gasteiger partial charge in [0, 0.05) is 5.56 Å². The second kappa shape index (κ2) is 10.4. The van der Waals surface area contributed by atoms with Crippen LogP contribution in [0, 0.1) is 11.8 Å². The zero-order valence-corrected chi connectivity index (χ0v) is 17.0. The summed E-state index contributed by atoms with van der Waals surface area (Å²) in [6.45, 7) is 5.11. The van der Waals surface area contributed by atoms with E-state index in [2.05, 4.69) is 48.1 Å². The minimum Gasteiger partial charge on any atom is -0.490 e. The fraction of sp³-hybridized carbons (Fsp3) is 0.583. The SMILES string of the molecule is CCCOc1cnc(-c2ccc(CCC3CCC(CCC)CC3)cc2)nc1. The molecular formula is C24H34N2O. The van der Waals surface area contributed by atoms with Crippen molar-refractivity contribution < 1.29 is 4.74 Å². The van der Waals surface area contributed by atoms with Gasteiger partial charge in [0.15, 0.2) is 11.6 Å². The van der Waals surface area contributed by atoms with E-state index in [0.717, 1.165) is 35.4 Å². The smallest absolute Gasteiger partial charge is 0.159 e. The van der Waals surface area contributed by atoms with E-state index in [9.17, 15) is 0 Å². The van der Waals surface area contributed by atoms with Gasteiger partial charge in [0.05, 0.1) is 19.0 Å². The molecule has 1 fully saturated rings. The summed E-state index contributed by atoms with van der Waals surface area (Å²) in [6, 6.07) is 8.77. The average Bonchev–Trinajstić information content (AvgIpc) is 2.73. The zero-order valence-electron chi connectivity index (χ0n) is 17.0. The van der Waals surface area contributed by atoms with E-state index in [1.807, 2.05) is 0 Å². The predicted molar refractivity (Wildman–Crippen MR) is 112 cm³/mol. The van der Waals surface area contributed by atoms with Crippen molar-refractivity contribution in [2.45, 2.75) is 71.6 Å². The highest BCUT2D eigenvalue weighted by atomic mass is 16.5. The van der Waals surface area contributed by atoms with E-state index in [4.69, 9.17) is 4.74 Å². The fourth-order valence-corrected chi connectivity index (χ4v) is 4.17. The van der Waals surface area contributed by atoms with Gasteiger partial charge in [0.2, 0.25) is 0 Å². The van der Waals surface area contributed by atoms with Crippen molar-refractivity contribution in [3.63, 3.8) is 0 Å². The lowest BCUT2D eigenvalue weighted by atomic mass is 9.78. The van der Waals surface area contributed by atoms with Gasteiger partial charge in [-0.3, -0.25) is 0 Å². The predicted octanol–water partition coefficient (Wildman–Crippen LogP) is 6.47. The van der Waals surface area contributed by atoms with E-state index < -0.39 is 0 Å². The Hall–Kier alpha value is -1.90. The number of ether oxygens (including phenoxy) is 1. The van der Waals surface area contributed by atoms with Crippen LogP contribution < -0.4 is 4.74 Å². The first-order valence-electron chi connectivity index (χ1n) is 10.8. The molecule has 1 aromatic heterocycles. The second-order valence-electron chi connectivity index (χ2n) is 8.00. The number of aryl methyl sites for hydroxylation is 1. The Morgan fingerprint density at radius 3 is 2.07 bits per heavy atom. The summed E-state index contributed by atoms with van der Waals surface area (Å²) >= 11 is 0. The molecule has 1 saturated carbocycles. The van der Waals surface area contributed by atoms with Crippen molar-refractivity contribution in [1.29, 1.82) is 0 Å². The second-order valence-corrected chi connectivity index (χ2v) is 8.00. The Kier molecular flexibility index (Phi) is 7.67. The molecule has 1 aliphatic carbocycles. The standard InChI is InChI=1S/C24H34N2O/c1-3-5-19-6-8-20(9-7-19)10-11-21-12-14-22(15-13-21)24-25-17-23(18-26-24)27-16-4-2/h12-15,17-20H,3-11,16H2,1-2H3. The molecule has 0 saturated heterocycles. The van der Waals surface area contributed by atoms with Crippen LogP contribution in [-0.2, 0) is 6.42 Å². The molecule has 2 aromatic rings. The number of hydrogen-bond donors (Lipinski definition) is 0. The van der Waals surface area contributed by atoms with Gasteiger partial charge in [-0.1, -0.05) is 76.6 Å². The van der Waals surface area contributed by atoms with Gasteiger partial charge in [-0.05, 0) is 36.7 Å². The summed E-state index contributed by atoms with van der Waals surface area (Å²) in [4.78, 5) is 8.87. The molecule has 0 atom stereocenters. The minimum absolute atomic E-state index is 0.706. The maximum Gasteiger partial charge on any atom is 0.159 e. The average molecular weight is 367 g/mol. The summed E-state index contributed by atoms with van der Waals surface area (Å²) in [7, 11) is 0. The van der Waals surface area contributed by atoms with E-state index >= 15 is 0 Å². The van der Waals surface area contributed by atoms with E-state index in [1.54, 1.807) is 12.4 Å². The zero-order chi connectivity index (χ0) is 18.9. The van der Waals surface area contributed by atoms with Gasteiger partial charge in [0.1, 0.15) is 0 Å². The molecule has 146 valence electrons. The Labute approximate surface area is 164 Å². The summed E-state index contributed by atoms with van der Waals surface area (Å²) in [6.07, 6.45) is 15.6. The molecule has 0 spiro atoms.